The fraction of sp³-hybridized carbons (Fsp3) is 0.560. The molecule has 3 amide bonds. The molecule has 2 rings (SSSR count). The van der Waals surface area contributed by atoms with E-state index < -0.39 is 23.6 Å². The predicted octanol–water partition coefficient (Wildman–Crippen LogP) is 3.53. The Balaban J connectivity index is 2.25. The van der Waals surface area contributed by atoms with Gasteiger partial charge in [-0.05, 0) is 52.2 Å². The summed E-state index contributed by atoms with van der Waals surface area (Å²) in [6.45, 7) is 7.02. The molecular formula is C25H35N3O4. The Kier molecular flexibility index (Phi) is 9.13. The highest BCUT2D eigenvalue weighted by Gasteiger charge is 2.33. The van der Waals surface area contributed by atoms with Gasteiger partial charge in [0, 0.05) is 18.2 Å². The minimum absolute atomic E-state index is 0.0884. The molecule has 0 aliphatic heterocycles. The molecule has 0 aromatic heterocycles. The number of likely N-dealkylation sites (N-methyl/N-ethyl adjacent to an activating group) is 1. The van der Waals surface area contributed by atoms with Crippen molar-refractivity contribution < 1.29 is 19.1 Å². The summed E-state index contributed by atoms with van der Waals surface area (Å²) >= 11 is 0. The summed E-state index contributed by atoms with van der Waals surface area (Å²) in [5.41, 5.74) is 0.476. The zero-order chi connectivity index (χ0) is 23.7. The molecule has 1 saturated carbocycles. The smallest absolute Gasteiger partial charge is 0.408 e. The van der Waals surface area contributed by atoms with Crippen LogP contribution in [0.25, 0.3) is 0 Å². The number of carbonyl (C=O) groups excluding carboxylic acids is 3. The van der Waals surface area contributed by atoms with E-state index in [0.29, 0.717) is 11.1 Å². The minimum atomic E-state index is -0.887. The van der Waals surface area contributed by atoms with E-state index in [1.165, 1.54) is 11.3 Å². The molecule has 1 aliphatic carbocycles. The third kappa shape index (κ3) is 7.30. The lowest BCUT2D eigenvalue weighted by Crippen LogP contribution is -2.49. The van der Waals surface area contributed by atoms with Crippen LogP contribution in [0.2, 0.25) is 0 Å². The van der Waals surface area contributed by atoms with Crippen LogP contribution in [-0.4, -0.2) is 47.5 Å². The van der Waals surface area contributed by atoms with Crippen molar-refractivity contribution in [2.24, 2.45) is 0 Å². The number of rotatable bonds is 7. The fourth-order valence-corrected chi connectivity index (χ4v) is 3.91. The van der Waals surface area contributed by atoms with Crippen molar-refractivity contribution in [2.45, 2.75) is 77.5 Å². The lowest BCUT2D eigenvalue weighted by Gasteiger charge is -2.33. The first-order chi connectivity index (χ1) is 15.2. The second-order valence-corrected chi connectivity index (χ2v) is 9.01. The summed E-state index contributed by atoms with van der Waals surface area (Å²) in [6, 6.07) is 6.34. The van der Waals surface area contributed by atoms with Crippen molar-refractivity contribution in [3.8, 4) is 12.3 Å². The lowest BCUT2D eigenvalue weighted by molar-refractivity contribution is -0.140. The molecule has 1 fully saturated rings. The zero-order valence-corrected chi connectivity index (χ0v) is 19.6. The molecule has 0 radical (unpaired) electrons. The number of nitrogens with one attached hydrogen (secondary N) is 2. The molecule has 2 N–H and O–H groups in total. The maximum absolute atomic E-state index is 13.4. The van der Waals surface area contributed by atoms with Gasteiger partial charge in [-0.3, -0.25) is 9.59 Å². The minimum Gasteiger partial charge on any atom is -0.444 e. The number of ether oxygens (including phenoxy) is 1. The highest BCUT2D eigenvalue weighted by atomic mass is 16.6. The van der Waals surface area contributed by atoms with Crippen LogP contribution in [0.3, 0.4) is 0 Å². The molecule has 0 saturated heterocycles. The summed E-state index contributed by atoms with van der Waals surface area (Å²) in [5, 5.41) is 5.61. The summed E-state index contributed by atoms with van der Waals surface area (Å²) in [6.07, 6.45) is 10.2. The van der Waals surface area contributed by atoms with Gasteiger partial charge in [0.25, 0.3) is 0 Å². The Morgan fingerprint density at radius 1 is 1.19 bits per heavy atom. The van der Waals surface area contributed by atoms with Gasteiger partial charge in [0.2, 0.25) is 11.8 Å². The van der Waals surface area contributed by atoms with Gasteiger partial charge in [0.15, 0.2) is 0 Å². The molecule has 1 unspecified atom stereocenters. The average molecular weight is 442 g/mol. The van der Waals surface area contributed by atoms with Crippen LogP contribution in [0.4, 0.5) is 4.79 Å². The number of alkyl carbamates (subject to hydrolysis) is 1. The molecule has 0 spiro atoms. The van der Waals surface area contributed by atoms with Crippen LogP contribution < -0.4 is 10.6 Å². The number of hydrogen-bond donors (Lipinski definition) is 2. The number of amides is 3. The van der Waals surface area contributed by atoms with Crippen molar-refractivity contribution in [2.75, 3.05) is 13.1 Å². The van der Waals surface area contributed by atoms with Crippen molar-refractivity contribution in [1.82, 2.24) is 15.5 Å². The first kappa shape index (κ1) is 25.3. The first-order valence-corrected chi connectivity index (χ1v) is 11.3. The molecule has 7 heteroatoms. The second-order valence-electron chi connectivity index (χ2n) is 9.01. The lowest BCUT2D eigenvalue weighted by atomic mass is 9.94. The topological polar surface area (TPSA) is 87.7 Å². The number of terminal acetylenes is 1. The Morgan fingerprint density at radius 2 is 1.84 bits per heavy atom. The van der Waals surface area contributed by atoms with Crippen LogP contribution in [0.5, 0.6) is 0 Å². The monoisotopic (exact) mass is 441 g/mol. The molecule has 32 heavy (non-hydrogen) atoms. The fourth-order valence-electron chi connectivity index (χ4n) is 3.91. The van der Waals surface area contributed by atoms with Gasteiger partial charge in [-0.2, -0.15) is 0 Å². The quantitative estimate of drug-likeness (QED) is 0.634. The van der Waals surface area contributed by atoms with Gasteiger partial charge >= 0.3 is 6.09 Å². The maximum Gasteiger partial charge on any atom is 0.408 e. The molecule has 1 aromatic carbocycles. The van der Waals surface area contributed by atoms with Crippen LogP contribution in [0.15, 0.2) is 24.3 Å². The normalized spacial score (nSPS) is 15.2. The van der Waals surface area contributed by atoms with E-state index in [2.05, 4.69) is 16.6 Å². The third-order valence-electron chi connectivity index (χ3n) is 5.37. The second kappa shape index (κ2) is 11.6. The number of benzene rings is 1. The Morgan fingerprint density at radius 3 is 2.44 bits per heavy atom. The Labute approximate surface area is 191 Å². The Hall–Kier alpha value is -3.01. The van der Waals surface area contributed by atoms with E-state index in [4.69, 9.17) is 11.2 Å². The van der Waals surface area contributed by atoms with Crippen LogP contribution >= 0.6 is 0 Å². The standard InChI is InChI=1S/C25H35N3O4/c1-6-18-13-11-12-16-20(18)22(23(30)27-19-14-9-8-10-15-19)28(7-2)21(29)17-26-24(31)32-25(3,4)5/h1,11-13,16,19,22H,7-10,14-15,17H2,2-5H3,(H,26,31)(H,27,30). The van der Waals surface area contributed by atoms with Crippen molar-refractivity contribution >= 4 is 17.9 Å². The van der Waals surface area contributed by atoms with E-state index in [1.807, 2.05) is 0 Å². The third-order valence-corrected chi connectivity index (χ3v) is 5.37. The van der Waals surface area contributed by atoms with E-state index in [0.717, 1.165) is 25.7 Å². The Bertz CT molecular complexity index is 847. The zero-order valence-electron chi connectivity index (χ0n) is 19.6. The first-order valence-electron chi connectivity index (χ1n) is 11.3. The summed E-state index contributed by atoms with van der Waals surface area (Å²) < 4.78 is 5.20. The number of hydrogen-bond acceptors (Lipinski definition) is 4. The molecular weight excluding hydrogens is 406 g/mol. The van der Waals surface area contributed by atoms with Gasteiger partial charge < -0.3 is 20.3 Å². The van der Waals surface area contributed by atoms with E-state index in [9.17, 15) is 14.4 Å². The highest BCUT2D eigenvalue weighted by Crippen LogP contribution is 2.26. The molecule has 1 aliphatic rings. The number of carbonyl (C=O) groups is 3. The molecule has 174 valence electrons. The molecule has 1 atom stereocenters. The largest absolute Gasteiger partial charge is 0.444 e. The molecule has 7 nitrogen and oxygen atoms in total. The molecule has 0 bridgehead atoms. The van der Waals surface area contributed by atoms with Gasteiger partial charge in [0.05, 0.1) is 0 Å². The van der Waals surface area contributed by atoms with E-state index in [1.54, 1.807) is 52.0 Å². The van der Waals surface area contributed by atoms with Crippen LogP contribution in [0.1, 0.15) is 77.0 Å². The molecule has 1 aromatic rings. The number of nitrogens with zero attached hydrogens (tertiary/aromatic N) is 1. The predicted molar refractivity (Wildman–Crippen MR) is 124 cm³/mol. The summed E-state index contributed by atoms with van der Waals surface area (Å²) in [5.74, 6) is 1.97. The van der Waals surface area contributed by atoms with Gasteiger partial charge in [-0.15, -0.1) is 6.42 Å². The van der Waals surface area contributed by atoms with Crippen molar-refractivity contribution in [3.05, 3.63) is 35.4 Å². The van der Waals surface area contributed by atoms with Crippen molar-refractivity contribution in [1.29, 1.82) is 0 Å². The summed E-state index contributed by atoms with van der Waals surface area (Å²) in [7, 11) is 0. The maximum atomic E-state index is 13.4. The van der Waals surface area contributed by atoms with E-state index >= 15 is 0 Å². The average Bonchev–Trinajstić information content (AvgIpc) is 2.75. The van der Waals surface area contributed by atoms with Gasteiger partial charge in [-0.1, -0.05) is 43.4 Å². The highest BCUT2D eigenvalue weighted by molar-refractivity contribution is 5.91. The molecule has 0 heterocycles. The summed E-state index contributed by atoms with van der Waals surface area (Å²) in [4.78, 5) is 40.0. The SMILES string of the molecule is C#Cc1ccccc1C(C(=O)NC1CCCCC1)N(CC)C(=O)CNC(=O)OC(C)(C)C. The van der Waals surface area contributed by atoms with Crippen molar-refractivity contribution in [3.63, 3.8) is 0 Å². The van der Waals surface area contributed by atoms with Crippen LogP contribution in [0, 0.1) is 12.3 Å². The van der Waals surface area contributed by atoms with E-state index in [-0.39, 0.29) is 25.0 Å². The van der Waals surface area contributed by atoms with Gasteiger partial charge in [-0.25, -0.2) is 4.79 Å². The van der Waals surface area contributed by atoms with Gasteiger partial charge in [0.1, 0.15) is 18.2 Å². The van der Waals surface area contributed by atoms with Crippen LogP contribution in [-0.2, 0) is 14.3 Å².